The van der Waals surface area contributed by atoms with Crippen molar-refractivity contribution < 1.29 is 4.39 Å². The zero-order chi connectivity index (χ0) is 13.2. The van der Waals surface area contributed by atoms with Crippen LogP contribution in [0.4, 0.5) is 15.8 Å². The summed E-state index contributed by atoms with van der Waals surface area (Å²) < 4.78 is 13.6. The lowest BCUT2D eigenvalue weighted by atomic mass is 9.82. The highest BCUT2D eigenvalue weighted by Gasteiger charge is 2.19. The second-order valence-corrected chi connectivity index (χ2v) is 6.36. The third-order valence-electron chi connectivity index (χ3n) is 3.17. The van der Waals surface area contributed by atoms with E-state index in [0.717, 1.165) is 12.2 Å². The fourth-order valence-electron chi connectivity index (χ4n) is 1.28. The number of hydrogen-bond donors (Lipinski definition) is 2. The average molecular weight is 303 g/mol. The van der Waals surface area contributed by atoms with E-state index in [1.165, 1.54) is 6.07 Å². The molecule has 3 N–H and O–H groups in total. The molecular formula is C13H20BrFN2. The van der Waals surface area contributed by atoms with Crippen LogP contribution in [0.15, 0.2) is 16.6 Å². The largest absolute Gasteiger partial charge is 0.397 e. The maximum absolute atomic E-state index is 13.2. The van der Waals surface area contributed by atoms with Gasteiger partial charge in [0.05, 0.1) is 15.8 Å². The molecule has 0 saturated heterocycles. The highest BCUT2D eigenvalue weighted by atomic mass is 79.9. The van der Waals surface area contributed by atoms with E-state index in [9.17, 15) is 4.39 Å². The molecule has 1 aromatic rings. The molecule has 96 valence electrons. The molecule has 0 fully saturated rings. The predicted molar refractivity (Wildman–Crippen MR) is 75.6 cm³/mol. The first kappa shape index (κ1) is 14.3. The maximum atomic E-state index is 13.2. The first-order chi connectivity index (χ1) is 7.71. The normalized spacial score (nSPS) is 13.5. The molecule has 0 aliphatic rings. The minimum absolute atomic E-state index is 0.235. The van der Waals surface area contributed by atoms with Crippen LogP contribution in [0.5, 0.6) is 0 Å². The van der Waals surface area contributed by atoms with E-state index in [2.05, 4.69) is 48.9 Å². The molecule has 0 spiro atoms. The Bertz CT molecular complexity index is 399. The van der Waals surface area contributed by atoms with Crippen LogP contribution < -0.4 is 11.1 Å². The Morgan fingerprint density at radius 2 is 2.00 bits per heavy atom. The number of nitrogen functional groups attached to an aromatic ring is 1. The van der Waals surface area contributed by atoms with Crippen molar-refractivity contribution in [2.45, 2.75) is 27.7 Å². The Morgan fingerprint density at radius 3 is 2.53 bits per heavy atom. The van der Waals surface area contributed by atoms with Gasteiger partial charge in [0, 0.05) is 12.6 Å². The summed E-state index contributed by atoms with van der Waals surface area (Å²) in [6, 6.07) is 3.01. The number of nitrogens with two attached hydrogens (primary N) is 1. The number of benzene rings is 1. The molecule has 17 heavy (non-hydrogen) atoms. The van der Waals surface area contributed by atoms with Gasteiger partial charge in [-0.1, -0.05) is 27.7 Å². The summed E-state index contributed by atoms with van der Waals surface area (Å²) in [5.74, 6) is 0.155. The molecule has 0 aliphatic heterocycles. The minimum Gasteiger partial charge on any atom is -0.397 e. The summed E-state index contributed by atoms with van der Waals surface area (Å²) in [6.07, 6.45) is 0. The fraction of sp³-hybridized carbons (Fsp3) is 0.538. The molecule has 0 heterocycles. The van der Waals surface area contributed by atoms with E-state index in [4.69, 9.17) is 5.73 Å². The third-order valence-corrected chi connectivity index (χ3v) is 3.78. The molecular weight excluding hydrogens is 283 g/mol. The smallest absolute Gasteiger partial charge is 0.139 e. The maximum Gasteiger partial charge on any atom is 0.139 e. The summed E-state index contributed by atoms with van der Waals surface area (Å²) in [6.45, 7) is 9.59. The van der Waals surface area contributed by atoms with Crippen LogP contribution >= 0.6 is 15.9 Å². The Hall–Kier alpha value is -0.770. The molecule has 0 radical (unpaired) electrons. The second kappa shape index (κ2) is 5.25. The average Bonchev–Trinajstić information content (AvgIpc) is 2.19. The van der Waals surface area contributed by atoms with E-state index in [-0.39, 0.29) is 11.2 Å². The van der Waals surface area contributed by atoms with Crippen LogP contribution in [0.25, 0.3) is 0 Å². The second-order valence-electron chi connectivity index (χ2n) is 5.50. The first-order valence-electron chi connectivity index (χ1n) is 5.70. The molecule has 4 heteroatoms. The van der Waals surface area contributed by atoms with Gasteiger partial charge in [0.2, 0.25) is 0 Å². The molecule has 0 aromatic heterocycles. The molecule has 1 rings (SSSR count). The molecule has 1 unspecified atom stereocenters. The number of rotatable bonds is 3. The number of hydrogen-bond acceptors (Lipinski definition) is 2. The summed E-state index contributed by atoms with van der Waals surface area (Å²) >= 11 is 3.16. The zero-order valence-electron chi connectivity index (χ0n) is 10.8. The number of halogens is 2. The SMILES string of the molecule is CC(CNc1cc(Br)c(F)cc1N)C(C)(C)C. The van der Waals surface area contributed by atoms with Crippen molar-refractivity contribution in [3.05, 3.63) is 22.4 Å². The Kier molecular flexibility index (Phi) is 4.42. The fourth-order valence-corrected chi connectivity index (χ4v) is 1.63. The van der Waals surface area contributed by atoms with Crippen molar-refractivity contribution in [1.82, 2.24) is 0 Å². The van der Waals surface area contributed by atoms with Crippen LogP contribution in [-0.4, -0.2) is 6.54 Å². The number of nitrogens with one attached hydrogen (secondary N) is 1. The van der Waals surface area contributed by atoms with Gasteiger partial charge in [0.15, 0.2) is 0 Å². The van der Waals surface area contributed by atoms with Gasteiger partial charge in [0.25, 0.3) is 0 Å². The topological polar surface area (TPSA) is 38.0 Å². The zero-order valence-corrected chi connectivity index (χ0v) is 12.4. The van der Waals surface area contributed by atoms with E-state index >= 15 is 0 Å². The molecule has 0 aliphatic carbocycles. The quantitative estimate of drug-likeness (QED) is 0.819. The van der Waals surface area contributed by atoms with E-state index < -0.39 is 0 Å². The monoisotopic (exact) mass is 302 g/mol. The van der Waals surface area contributed by atoms with Gasteiger partial charge < -0.3 is 11.1 Å². The van der Waals surface area contributed by atoms with E-state index in [1.54, 1.807) is 6.07 Å². The molecule has 2 nitrogen and oxygen atoms in total. The molecule has 0 saturated carbocycles. The summed E-state index contributed by atoms with van der Waals surface area (Å²) in [7, 11) is 0. The van der Waals surface area contributed by atoms with Gasteiger partial charge >= 0.3 is 0 Å². The van der Waals surface area contributed by atoms with Crippen LogP contribution in [0.3, 0.4) is 0 Å². The minimum atomic E-state index is -0.336. The lowest BCUT2D eigenvalue weighted by Crippen LogP contribution is -2.25. The van der Waals surface area contributed by atoms with Crippen LogP contribution in [0, 0.1) is 17.2 Å². The third kappa shape index (κ3) is 3.87. The van der Waals surface area contributed by atoms with Crippen LogP contribution in [0.1, 0.15) is 27.7 Å². The molecule has 1 aromatic carbocycles. The lowest BCUT2D eigenvalue weighted by molar-refractivity contribution is 0.274. The highest BCUT2D eigenvalue weighted by molar-refractivity contribution is 9.10. The van der Waals surface area contributed by atoms with E-state index in [0.29, 0.717) is 16.1 Å². The molecule has 0 amide bonds. The van der Waals surface area contributed by atoms with Gasteiger partial charge in [-0.15, -0.1) is 0 Å². The standard InChI is InChI=1S/C13H20BrFN2/c1-8(13(2,3)4)7-17-12-5-9(14)10(15)6-11(12)16/h5-6,8,17H,7,16H2,1-4H3. The van der Waals surface area contributed by atoms with Crippen molar-refractivity contribution in [2.75, 3.05) is 17.6 Å². The van der Waals surface area contributed by atoms with Crippen molar-refractivity contribution >= 4 is 27.3 Å². The van der Waals surface area contributed by atoms with Crippen molar-refractivity contribution in [1.29, 1.82) is 0 Å². The van der Waals surface area contributed by atoms with Gasteiger partial charge in [-0.25, -0.2) is 4.39 Å². The van der Waals surface area contributed by atoms with E-state index in [1.807, 2.05) is 0 Å². The number of anilines is 2. The summed E-state index contributed by atoms with van der Waals surface area (Å²) in [5, 5.41) is 3.27. The Morgan fingerprint density at radius 1 is 1.41 bits per heavy atom. The summed E-state index contributed by atoms with van der Waals surface area (Å²) in [5.41, 5.74) is 7.21. The van der Waals surface area contributed by atoms with Crippen LogP contribution in [0.2, 0.25) is 0 Å². The Labute approximate surface area is 111 Å². The van der Waals surface area contributed by atoms with Crippen molar-refractivity contribution in [3.8, 4) is 0 Å². The first-order valence-corrected chi connectivity index (χ1v) is 6.49. The lowest BCUT2D eigenvalue weighted by Gasteiger charge is -2.28. The van der Waals surface area contributed by atoms with Gasteiger partial charge in [-0.2, -0.15) is 0 Å². The van der Waals surface area contributed by atoms with Gasteiger partial charge in [-0.05, 0) is 33.3 Å². The van der Waals surface area contributed by atoms with Crippen molar-refractivity contribution in [3.63, 3.8) is 0 Å². The van der Waals surface area contributed by atoms with Gasteiger partial charge in [-0.3, -0.25) is 0 Å². The Balaban J connectivity index is 2.73. The molecule has 1 atom stereocenters. The highest BCUT2D eigenvalue weighted by Crippen LogP contribution is 2.29. The molecule has 0 bridgehead atoms. The van der Waals surface area contributed by atoms with Crippen molar-refractivity contribution in [2.24, 2.45) is 11.3 Å². The summed E-state index contributed by atoms with van der Waals surface area (Å²) in [4.78, 5) is 0. The van der Waals surface area contributed by atoms with Crippen LogP contribution in [-0.2, 0) is 0 Å². The van der Waals surface area contributed by atoms with Gasteiger partial charge in [0.1, 0.15) is 5.82 Å². The predicted octanol–water partition coefficient (Wildman–Crippen LogP) is 4.26.